The van der Waals surface area contributed by atoms with Gasteiger partial charge in [-0.1, -0.05) is 68.3 Å². The van der Waals surface area contributed by atoms with Crippen LogP contribution in [0.1, 0.15) is 49.7 Å². The summed E-state index contributed by atoms with van der Waals surface area (Å²) in [7, 11) is 0. The highest BCUT2D eigenvalue weighted by atomic mass is 16.5. The second-order valence-electron chi connectivity index (χ2n) is 8.04. The van der Waals surface area contributed by atoms with Gasteiger partial charge >= 0.3 is 12.1 Å². The van der Waals surface area contributed by atoms with Crippen molar-refractivity contribution in [1.82, 2.24) is 5.32 Å². The van der Waals surface area contributed by atoms with Crippen molar-refractivity contribution in [3.63, 3.8) is 0 Å². The molecular weight excluding hydrogens is 354 g/mol. The minimum Gasteiger partial charge on any atom is -0.480 e. The number of carboxylic acid groups (broad SMARTS) is 1. The number of aliphatic carboxylic acids is 1. The molecule has 1 amide bonds. The van der Waals surface area contributed by atoms with Crippen LogP contribution in [-0.4, -0.2) is 29.3 Å². The van der Waals surface area contributed by atoms with Gasteiger partial charge in [-0.15, -0.1) is 0 Å². The maximum absolute atomic E-state index is 12.5. The fourth-order valence-electron chi connectivity index (χ4n) is 4.74. The summed E-state index contributed by atoms with van der Waals surface area (Å²) in [6, 6.07) is 16.3. The number of ether oxygens (including phenoxy) is 1. The first kappa shape index (κ1) is 18.5. The van der Waals surface area contributed by atoms with Gasteiger partial charge in [0.05, 0.1) is 0 Å². The van der Waals surface area contributed by atoms with E-state index in [1.165, 1.54) is 0 Å². The summed E-state index contributed by atoms with van der Waals surface area (Å²) < 4.78 is 5.54. The summed E-state index contributed by atoms with van der Waals surface area (Å²) in [5.74, 6) is -0.754. The Kier molecular flexibility index (Phi) is 4.84. The van der Waals surface area contributed by atoms with E-state index < -0.39 is 17.6 Å². The van der Waals surface area contributed by atoms with Gasteiger partial charge in [0.15, 0.2) is 0 Å². The standard InChI is InChI=1S/C23H25NO4/c1-15-7-6-12-23(13-15,21(25)26)24-22(27)28-14-20-18-10-4-2-8-16(18)17-9-3-5-11-19(17)20/h2-5,8-11,15,20H,6-7,12-14H2,1H3,(H,24,27)(H,25,26)/t15-,23+/m1/s1. The molecule has 4 rings (SSSR count). The number of rotatable bonds is 4. The molecule has 5 heteroatoms. The van der Waals surface area contributed by atoms with Crippen LogP contribution >= 0.6 is 0 Å². The molecule has 5 nitrogen and oxygen atoms in total. The van der Waals surface area contributed by atoms with E-state index in [4.69, 9.17) is 4.74 Å². The molecule has 0 heterocycles. The fraction of sp³-hybridized carbons (Fsp3) is 0.391. The molecule has 2 aromatic carbocycles. The quantitative estimate of drug-likeness (QED) is 0.817. The molecule has 146 valence electrons. The second kappa shape index (κ2) is 7.30. The lowest BCUT2D eigenvalue weighted by molar-refractivity contribution is -0.146. The first-order valence-electron chi connectivity index (χ1n) is 9.87. The lowest BCUT2D eigenvalue weighted by atomic mass is 9.76. The highest BCUT2D eigenvalue weighted by molar-refractivity contribution is 5.84. The Balaban J connectivity index is 1.49. The molecule has 1 saturated carbocycles. The van der Waals surface area contributed by atoms with E-state index >= 15 is 0 Å². The molecule has 0 bridgehead atoms. The van der Waals surface area contributed by atoms with Gasteiger partial charge in [0.25, 0.3) is 0 Å². The highest BCUT2D eigenvalue weighted by Crippen LogP contribution is 2.44. The summed E-state index contributed by atoms with van der Waals surface area (Å²) in [4.78, 5) is 24.4. The third kappa shape index (κ3) is 3.26. The van der Waals surface area contributed by atoms with Crippen LogP contribution < -0.4 is 5.32 Å². The Hall–Kier alpha value is -2.82. The predicted octanol–water partition coefficient (Wildman–Crippen LogP) is 4.56. The minimum absolute atomic E-state index is 0.0378. The molecule has 2 N–H and O–H groups in total. The first-order chi connectivity index (χ1) is 13.5. The largest absolute Gasteiger partial charge is 0.480 e. The molecule has 0 aromatic heterocycles. The van der Waals surface area contributed by atoms with Crippen LogP contribution in [0.2, 0.25) is 0 Å². The Morgan fingerprint density at radius 1 is 1.11 bits per heavy atom. The SMILES string of the molecule is C[C@@H]1CCC[C@@](NC(=O)OCC2c3ccccc3-c3ccccc32)(C(=O)O)C1. The zero-order chi connectivity index (χ0) is 19.7. The molecule has 0 unspecified atom stereocenters. The van der Waals surface area contributed by atoms with Crippen LogP contribution in [0.15, 0.2) is 48.5 Å². The third-order valence-electron chi connectivity index (χ3n) is 6.09. The van der Waals surface area contributed by atoms with Crippen molar-refractivity contribution in [2.45, 2.75) is 44.1 Å². The number of hydrogen-bond acceptors (Lipinski definition) is 3. The van der Waals surface area contributed by atoms with Crippen molar-refractivity contribution >= 4 is 12.1 Å². The summed E-state index contributed by atoms with van der Waals surface area (Å²) in [6.45, 7) is 2.21. The van der Waals surface area contributed by atoms with Gasteiger partial charge < -0.3 is 15.2 Å². The van der Waals surface area contributed by atoms with Crippen molar-refractivity contribution in [2.24, 2.45) is 5.92 Å². The van der Waals surface area contributed by atoms with Gasteiger partial charge in [0, 0.05) is 5.92 Å². The number of amides is 1. The van der Waals surface area contributed by atoms with Crippen molar-refractivity contribution in [3.05, 3.63) is 59.7 Å². The molecule has 0 aliphatic heterocycles. The zero-order valence-electron chi connectivity index (χ0n) is 16.0. The van der Waals surface area contributed by atoms with Crippen molar-refractivity contribution in [2.75, 3.05) is 6.61 Å². The summed E-state index contributed by atoms with van der Waals surface area (Å²) >= 11 is 0. The Morgan fingerprint density at radius 3 is 2.29 bits per heavy atom. The summed E-state index contributed by atoms with van der Waals surface area (Å²) in [5, 5.41) is 12.4. The number of carbonyl (C=O) groups is 2. The molecule has 0 radical (unpaired) electrons. The van der Waals surface area contributed by atoms with E-state index in [0.717, 1.165) is 35.1 Å². The second-order valence-corrected chi connectivity index (χ2v) is 8.04. The predicted molar refractivity (Wildman–Crippen MR) is 106 cm³/mol. The van der Waals surface area contributed by atoms with Crippen molar-refractivity contribution in [1.29, 1.82) is 0 Å². The van der Waals surface area contributed by atoms with E-state index in [1.54, 1.807) is 0 Å². The van der Waals surface area contributed by atoms with Gasteiger partial charge in [-0.3, -0.25) is 0 Å². The molecule has 2 aliphatic carbocycles. The van der Waals surface area contributed by atoms with Crippen LogP contribution in [0.4, 0.5) is 4.79 Å². The maximum Gasteiger partial charge on any atom is 0.408 e. The number of nitrogens with one attached hydrogen (secondary N) is 1. The molecule has 2 aliphatic rings. The van der Waals surface area contributed by atoms with Gasteiger partial charge in [0.1, 0.15) is 12.1 Å². The summed E-state index contributed by atoms with van der Waals surface area (Å²) in [6.07, 6.45) is 2.00. The lowest BCUT2D eigenvalue weighted by Crippen LogP contribution is -2.57. The zero-order valence-corrected chi connectivity index (χ0v) is 16.0. The topological polar surface area (TPSA) is 75.6 Å². The first-order valence-corrected chi connectivity index (χ1v) is 9.87. The monoisotopic (exact) mass is 379 g/mol. The molecule has 0 spiro atoms. The lowest BCUT2D eigenvalue weighted by Gasteiger charge is -2.36. The molecule has 28 heavy (non-hydrogen) atoms. The smallest absolute Gasteiger partial charge is 0.408 e. The van der Waals surface area contributed by atoms with Gasteiger partial charge in [-0.25, -0.2) is 9.59 Å². The number of alkyl carbamates (subject to hydrolysis) is 1. The fourth-order valence-corrected chi connectivity index (χ4v) is 4.74. The number of carboxylic acids is 1. The Labute approximate surface area is 164 Å². The van der Waals surface area contributed by atoms with E-state index in [-0.39, 0.29) is 18.4 Å². The Morgan fingerprint density at radius 2 is 1.71 bits per heavy atom. The van der Waals surface area contributed by atoms with E-state index in [2.05, 4.69) is 29.6 Å². The van der Waals surface area contributed by atoms with Crippen LogP contribution in [0.5, 0.6) is 0 Å². The minimum atomic E-state index is -1.22. The number of fused-ring (bicyclic) bond motifs is 3. The van der Waals surface area contributed by atoms with Gasteiger partial charge in [-0.05, 0) is 41.0 Å². The molecule has 0 saturated heterocycles. The number of benzene rings is 2. The molecule has 1 fully saturated rings. The average molecular weight is 379 g/mol. The molecular formula is C23H25NO4. The number of carbonyl (C=O) groups excluding carboxylic acids is 1. The normalized spacial score (nSPS) is 23.5. The van der Waals surface area contributed by atoms with Crippen LogP contribution in [0.3, 0.4) is 0 Å². The number of hydrogen-bond donors (Lipinski definition) is 2. The van der Waals surface area contributed by atoms with Gasteiger partial charge in [0.2, 0.25) is 0 Å². The van der Waals surface area contributed by atoms with Crippen LogP contribution in [-0.2, 0) is 9.53 Å². The average Bonchev–Trinajstić information content (AvgIpc) is 3.00. The van der Waals surface area contributed by atoms with Crippen LogP contribution in [0.25, 0.3) is 11.1 Å². The molecule has 2 aromatic rings. The summed E-state index contributed by atoms with van der Waals surface area (Å²) in [5.41, 5.74) is 3.37. The van der Waals surface area contributed by atoms with Crippen molar-refractivity contribution in [3.8, 4) is 11.1 Å². The van der Waals surface area contributed by atoms with Crippen molar-refractivity contribution < 1.29 is 19.4 Å². The maximum atomic E-state index is 12.5. The third-order valence-corrected chi connectivity index (χ3v) is 6.09. The van der Waals surface area contributed by atoms with E-state index in [9.17, 15) is 14.7 Å². The Bertz CT molecular complexity index is 863. The van der Waals surface area contributed by atoms with Crippen LogP contribution in [0, 0.1) is 5.92 Å². The van der Waals surface area contributed by atoms with Gasteiger partial charge in [-0.2, -0.15) is 0 Å². The highest BCUT2D eigenvalue weighted by Gasteiger charge is 2.43. The van der Waals surface area contributed by atoms with E-state index in [0.29, 0.717) is 12.8 Å². The molecule has 2 atom stereocenters. The van der Waals surface area contributed by atoms with E-state index in [1.807, 2.05) is 31.2 Å².